The van der Waals surface area contributed by atoms with Gasteiger partial charge in [0.15, 0.2) is 0 Å². The zero-order valence-electron chi connectivity index (χ0n) is 20.5. The molecule has 11 nitrogen and oxygen atoms in total. The minimum Gasteiger partial charge on any atom is -0.480 e. The number of carbonyl (C=O) groups is 4. The molecule has 194 valence electrons. The number of amides is 3. The van der Waals surface area contributed by atoms with Crippen molar-refractivity contribution in [1.29, 1.82) is 0 Å². The number of aromatic amines is 1. The number of carboxylic acids is 1. The average molecular weight is 499 g/mol. The molecule has 11 heteroatoms. The summed E-state index contributed by atoms with van der Waals surface area (Å²) in [4.78, 5) is 57.8. The van der Waals surface area contributed by atoms with Crippen molar-refractivity contribution < 1.29 is 24.3 Å². The van der Waals surface area contributed by atoms with Gasteiger partial charge in [0.05, 0.1) is 12.4 Å². The third-order valence-electron chi connectivity index (χ3n) is 6.13. The maximum absolute atomic E-state index is 13.3. The van der Waals surface area contributed by atoms with E-state index >= 15 is 0 Å². The van der Waals surface area contributed by atoms with Crippen LogP contribution in [0.15, 0.2) is 42.9 Å². The van der Waals surface area contributed by atoms with Crippen LogP contribution >= 0.6 is 0 Å². The molecule has 3 rings (SSSR count). The first-order chi connectivity index (χ1) is 17.2. The summed E-state index contributed by atoms with van der Waals surface area (Å²) in [6.45, 7) is 4.24. The predicted octanol–water partition coefficient (Wildman–Crippen LogP) is 0.142. The number of aliphatic carboxylic acids is 1. The molecule has 0 aliphatic carbocycles. The number of hydrogen-bond donors (Lipinski definition) is 6. The molecule has 6 N–H and O–H groups in total. The van der Waals surface area contributed by atoms with Crippen LogP contribution in [0.1, 0.15) is 37.9 Å². The van der Waals surface area contributed by atoms with Crippen molar-refractivity contribution in [3.8, 4) is 0 Å². The lowest BCUT2D eigenvalue weighted by Crippen LogP contribution is -2.59. The van der Waals surface area contributed by atoms with Crippen LogP contribution in [0.2, 0.25) is 0 Å². The molecule has 4 atom stereocenters. The molecule has 1 aromatic carbocycles. The first kappa shape index (κ1) is 26.9. The smallest absolute Gasteiger partial charge is 0.326 e. The number of rotatable bonds is 12. The van der Waals surface area contributed by atoms with E-state index in [9.17, 15) is 24.3 Å². The normalized spacial score (nSPS) is 17.7. The van der Waals surface area contributed by atoms with E-state index in [0.29, 0.717) is 12.1 Å². The quantitative estimate of drug-likeness (QED) is 0.242. The SMILES string of the molecule is CC(C)C(NC(=O)C(Cc1cnc[nH]1)NC(=O)C1CCCN1)C(=O)NC(Cc1ccccc1)C(=O)O. The fraction of sp³-hybridized carbons (Fsp3) is 0.480. The second-order valence-electron chi connectivity index (χ2n) is 9.31. The molecular formula is C25H34N6O5. The Kier molecular flexibility index (Phi) is 9.57. The summed E-state index contributed by atoms with van der Waals surface area (Å²) in [7, 11) is 0. The molecule has 1 aliphatic heterocycles. The number of nitrogens with zero attached hydrogens (tertiary/aromatic N) is 1. The zero-order chi connectivity index (χ0) is 26.1. The van der Waals surface area contributed by atoms with Crippen LogP contribution in [0.25, 0.3) is 0 Å². The molecule has 4 unspecified atom stereocenters. The largest absolute Gasteiger partial charge is 0.480 e. The maximum atomic E-state index is 13.3. The van der Waals surface area contributed by atoms with Crippen molar-refractivity contribution >= 4 is 23.7 Å². The summed E-state index contributed by atoms with van der Waals surface area (Å²) >= 11 is 0. The maximum Gasteiger partial charge on any atom is 0.326 e. The van der Waals surface area contributed by atoms with Crippen molar-refractivity contribution in [1.82, 2.24) is 31.2 Å². The molecule has 0 radical (unpaired) electrons. The van der Waals surface area contributed by atoms with Gasteiger partial charge in [0.25, 0.3) is 0 Å². The fourth-order valence-electron chi connectivity index (χ4n) is 4.11. The molecule has 1 aliphatic rings. The standard InChI is InChI=1S/C25H34N6O5/c1-15(2)21(24(34)30-20(25(35)36)11-16-7-4-3-5-8-16)31-23(33)19(12-17-13-26-14-28-17)29-22(32)18-9-6-10-27-18/h3-5,7-8,13-15,18-21,27H,6,9-12H2,1-2H3,(H,26,28)(H,29,32)(H,30,34)(H,31,33)(H,35,36). The first-order valence-electron chi connectivity index (χ1n) is 12.1. The number of carboxylic acid groups (broad SMARTS) is 1. The van der Waals surface area contributed by atoms with E-state index in [1.165, 1.54) is 6.33 Å². The van der Waals surface area contributed by atoms with Crippen molar-refractivity contribution in [3.05, 3.63) is 54.1 Å². The van der Waals surface area contributed by atoms with E-state index in [4.69, 9.17) is 0 Å². The summed E-state index contributed by atoms with van der Waals surface area (Å²) in [5, 5.41) is 20.8. The number of nitrogens with one attached hydrogen (secondary N) is 5. The zero-order valence-corrected chi connectivity index (χ0v) is 20.5. The van der Waals surface area contributed by atoms with Crippen LogP contribution in [-0.2, 0) is 32.0 Å². The summed E-state index contributed by atoms with van der Waals surface area (Å²) in [6.07, 6.45) is 4.86. The third-order valence-corrected chi connectivity index (χ3v) is 6.13. The van der Waals surface area contributed by atoms with E-state index in [1.54, 1.807) is 44.3 Å². The second-order valence-corrected chi connectivity index (χ2v) is 9.31. The number of benzene rings is 1. The number of H-pyrrole nitrogens is 1. The van der Waals surface area contributed by atoms with Crippen molar-refractivity contribution in [2.75, 3.05) is 6.54 Å². The Morgan fingerprint density at radius 1 is 1.03 bits per heavy atom. The van der Waals surface area contributed by atoms with Gasteiger partial charge in [-0.15, -0.1) is 0 Å². The highest BCUT2D eigenvalue weighted by Crippen LogP contribution is 2.10. The molecule has 1 aromatic heterocycles. The molecule has 2 aromatic rings. The topological polar surface area (TPSA) is 165 Å². The third kappa shape index (κ3) is 7.64. The Bertz CT molecular complexity index is 1020. The minimum absolute atomic E-state index is 0.105. The summed E-state index contributed by atoms with van der Waals surface area (Å²) in [6, 6.07) is 5.49. The molecular weight excluding hydrogens is 464 g/mol. The molecule has 1 fully saturated rings. The molecule has 0 bridgehead atoms. The van der Waals surface area contributed by atoms with Crippen molar-refractivity contribution in [2.24, 2.45) is 5.92 Å². The van der Waals surface area contributed by atoms with Crippen LogP contribution in [0, 0.1) is 5.92 Å². The van der Waals surface area contributed by atoms with E-state index in [1.807, 2.05) is 6.07 Å². The lowest BCUT2D eigenvalue weighted by Gasteiger charge is -2.27. The van der Waals surface area contributed by atoms with Crippen LogP contribution in [0.5, 0.6) is 0 Å². The Balaban J connectivity index is 1.70. The van der Waals surface area contributed by atoms with Crippen LogP contribution < -0.4 is 21.3 Å². The van der Waals surface area contributed by atoms with Gasteiger partial charge >= 0.3 is 5.97 Å². The highest BCUT2D eigenvalue weighted by atomic mass is 16.4. The molecule has 1 saturated heterocycles. The van der Waals surface area contributed by atoms with Gasteiger partial charge in [-0.3, -0.25) is 14.4 Å². The molecule has 36 heavy (non-hydrogen) atoms. The van der Waals surface area contributed by atoms with Crippen LogP contribution in [0.3, 0.4) is 0 Å². The summed E-state index contributed by atoms with van der Waals surface area (Å²) in [5.74, 6) is -2.94. The Labute approximate surface area is 209 Å². The van der Waals surface area contributed by atoms with Gasteiger partial charge in [-0.1, -0.05) is 44.2 Å². The second kappa shape index (κ2) is 12.8. The lowest BCUT2D eigenvalue weighted by atomic mass is 10.0. The van der Waals surface area contributed by atoms with Gasteiger partial charge in [-0.2, -0.15) is 0 Å². The highest BCUT2D eigenvalue weighted by Gasteiger charge is 2.33. The van der Waals surface area contributed by atoms with Gasteiger partial charge in [0, 0.05) is 24.7 Å². The first-order valence-corrected chi connectivity index (χ1v) is 12.1. The van der Waals surface area contributed by atoms with E-state index < -0.39 is 35.9 Å². The predicted molar refractivity (Wildman–Crippen MR) is 132 cm³/mol. The summed E-state index contributed by atoms with van der Waals surface area (Å²) < 4.78 is 0. The van der Waals surface area contributed by atoms with Crippen molar-refractivity contribution in [3.63, 3.8) is 0 Å². The monoisotopic (exact) mass is 498 g/mol. The van der Waals surface area contributed by atoms with Crippen LogP contribution in [-0.4, -0.2) is 69.5 Å². The highest BCUT2D eigenvalue weighted by molar-refractivity contribution is 5.94. The Morgan fingerprint density at radius 3 is 2.36 bits per heavy atom. The van der Waals surface area contributed by atoms with E-state index in [0.717, 1.165) is 18.5 Å². The molecule has 0 spiro atoms. The van der Waals surface area contributed by atoms with Gasteiger partial charge < -0.3 is 31.4 Å². The number of imidazole rings is 1. The van der Waals surface area contributed by atoms with Crippen LogP contribution in [0.4, 0.5) is 0 Å². The average Bonchev–Trinajstić information content (AvgIpc) is 3.56. The van der Waals surface area contributed by atoms with Crippen molar-refractivity contribution in [2.45, 2.75) is 63.7 Å². The molecule has 0 saturated carbocycles. The summed E-state index contributed by atoms with van der Waals surface area (Å²) in [5.41, 5.74) is 1.41. The number of aromatic nitrogens is 2. The Hall–Kier alpha value is -3.73. The van der Waals surface area contributed by atoms with Gasteiger partial charge in [-0.05, 0) is 30.9 Å². The van der Waals surface area contributed by atoms with E-state index in [-0.39, 0.29) is 30.7 Å². The van der Waals surface area contributed by atoms with E-state index in [2.05, 4.69) is 31.2 Å². The van der Waals surface area contributed by atoms with Gasteiger partial charge in [0.2, 0.25) is 17.7 Å². The molecule has 2 heterocycles. The van der Waals surface area contributed by atoms with Gasteiger partial charge in [0.1, 0.15) is 18.1 Å². The molecule has 3 amide bonds. The Morgan fingerprint density at radius 2 is 1.78 bits per heavy atom. The fourth-order valence-corrected chi connectivity index (χ4v) is 4.11. The lowest BCUT2D eigenvalue weighted by molar-refractivity contribution is -0.142. The number of hydrogen-bond acceptors (Lipinski definition) is 6. The van der Waals surface area contributed by atoms with Gasteiger partial charge in [-0.25, -0.2) is 9.78 Å². The minimum atomic E-state index is -1.17. The number of carbonyl (C=O) groups excluding carboxylic acids is 3.